The van der Waals surface area contributed by atoms with E-state index in [0.29, 0.717) is 11.3 Å². The van der Waals surface area contributed by atoms with E-state index in [0.717, 1.165) is 12.1 Å². The van der Waals surface area contributed by atoms with Gasteiger partial charge in [0.1, 0.15) is 11.5 Å². The van der Waals surface area contributed by atoms with Crippen molar-refractivity contribution in [3.63, 3.8) is 0 Å². The quantitative estimate of drug-likeness (QED) is 0.888. The van der Waals surface area contributed by atoms with Crippen LogP contribution in [-0.2, 0) is 6.18 Å². The Kier molecular flexibility index (Phi) is 4.92. The second-order valence-electron chi connectivity index (χ2n) is 4.86. The Morgan fingerprint density at radius 2 is 1.82 bits per heavy atom. The molecule has 0 radical (unpaired) electrons. The zero-order valence-corrected chi connectivity index (χ0v) is 11.7. The van der Waals surface area contributed by atoms with Gasteiger partial charge in [0, 0.05) is 18.5 Å². The molecule has 0 saturated carbocycles. The maximum atomic E-state index is 12.7. The molecule has 0 spiro atoms. The van der Waals surface area contributed by atoms with Crippen LogP contribution in [0.5, 0.6) is 11.5 Å². The number of nitrogens with two attached hydrogens (primary N) is 1. The first-order valence-electron chi connectivity index (χ1n) is 6.69. The number of halogens is 3. The predicted octanol–water partition coefficient (Wildman–Crippen LogP) is 3.53. The summed E-state index contributed by atoms with van der Waals surface area (Å²) in [6.45, 7) is 0.279. The molecule has 0 aromatic heterocycles. The van der Waals surface area contributed by atoms with Gasteiger partial charge in [-0.3, -0.25) is 0 Å². The Morgan fingerprint density at radius 3 is 2.45 bits per heavy atom. The van der Waals surface area contributed by atoms with Crippen molar-refractivity contribution in [1.82, 2.24) is 0 Å². The third-order valence-corrected chi connectivity index (χ3v) is 3.24. The molecule has 1 atom stereocenters. The molecule has 0 aliphatic carbocycles. The number of benzene rings is 2. The second kappa shape index (κ2) is 6.70. The van der Waals surface area contributed by atoms with Crippen molar-refractivity contribution in [3.8, 4) is 11.5 Å². The molecule has 2 rings (SSSR count). The summed E-state index contributed by atoms with van der Waals surface area (Å²) in [6, 6.07) is 11.3. The van der Waals surface area contributed by atoms with E-state index >= 15 is 0 Å². The lowest BCUT2D eigenvalue weighted by Crippen LogP contribution is -2.20. The van der Waals surface area contributed by atoms with Crippen LogP contribution < -0.4 is 10.5 Å². The summed E-state index contributed by atoms with van der Waals surface area (Å²) in [5, 5.41) is 9.35. The van der Waals surface area contributed by atoms with E-state index in [2.05, 4.69) is 0 Å². The maximum absolute atomic E-state index is 12.7. The van der Waals surface area contributed by atoms with Crippen LogP contribution in [-0.4, -0.2) is 18.3 Å². The fraction of sp³-hybridized carbons (Fsp3) is 0.250. The van der Waals surface area contributed by atoms with Crippen LogP contribution in [0.4, 0.5) is 13.2 Å². The average Bonchev–Trinajstić information content (AvgIpc) is 2.47. The Bertz CT molecular complexity index is 629. The molecule has 0 saturated heterocycles. The number of phenolic OH excluding ortho intramolecular Hbond substituents is 1. The molecule has 0 aliphatic rings. The van der Waals surface area contributed by atoms with Gasteiger partial charge < -0.3 is 15.6 Å². The van der Waals surface area contributed by atoms with Crippen LogP contribution in [0.15, 0.2) is 48.5 Å². The van der Waals surface area contributed by atoms with Crippen LogP contribution in [0, 0.1) is 0 Å². The Hall–Kier alpha value is -2.21. The summed E-state index contributed by atoms with van der Waals surface area (Å²) in [7, 11) is 0. The fourth-order valence-electron chi connectivity index (χ4n) is 2.04. The maximum Gasteiger partial charge on any atom is 0.416 e. The van der Waals surface area contributed by atoms with E-state index < -0.39 is 11.7 Å². The Morgan fingerprint density at radius 1 is 1.09 bits per heavy atom. The van der Waals surface area contributed by atoms with Crippen LogP contribution in [0.1, 0.15) is 17.0 Å². The molecule has 6 heteroatoms. The van der Waals surface area contributed by atoms with E-state index in [1.165, 1.54) is 18.2 Å². The number of aromatic hydroxyl groups is 1. The fourth-order valence-corrected chi connectivity index (χ4v) is 2.04. The molecule has 2 aromatic rings. The molecule has 0 amide bonds. The van der Waals surface area contributed by atoms with E-state index in [-0.39, 0.29) is 24.8 Å². The lowest BCUT2D eigenvalue weighted by molar-refractivity contribution is -0.137. The standard InChI is InChI=1S/C16H16F3NO2/c17-16(18,19)13-4-1-3-11(7-13)12(9-20)10-22-15-6-2-5-14(21)8-15/h1-8,12,21H,9-10,20H2. The Balaban J connectivity index is 2.11. The smallest absolute Gasteiger partial charge is 0.416 e. The summed E-state index contributed by atoms with van der Waals surface area (Å²) in [4.78, 5) is 0. The van der Waals surface area contributed by atoms with Gasteiger partial charge in [0.15, 0.2) is 0 Å². The Labute approximate surface area is 126 Å². The van der Waals surface area contributed by atoms with Crippen LogP contribution in [0.3, 0.4) is 0 Å². The van der Waals surface area contributed by atoms with Crippen LogP contribution >= 0.6 is 0 Å². The first-order chi connectivity index (χ1) is 10.4. The minimum absolute atomic E-state index is 0.0564. The zero-order chi connectivity index (χ0) is 16.2. The van der Waals surface area contributed by atoms with Crippen molar-refractivity contribution in [2.24, 2.45) is 5.73 Å². The summed E-state index contributed by atoms with van der Waals surface area (Å²) < 4.78 is 43.7. The topological polar surface area (TPSA) is 55.5 Å². The summed E-state index contributed by atoms with van der Waals surface area (Å²) >= 11 is 0. The number of hydrogen-bond acceptors (Lipinski definition) is 3. The highest BCUT2D eigenvalue weighted by molar-refractivity contribution is 5.32. The normalized spacial score (nSPS) is 12.9. The van der Waals surface area contributed by atoms with Gasteiger partial charge in [-0.15, -0.1) is 0 Å². The van der Waals surface area contributed by atoms with Crippen LogP contribution in [0.2, 0.25) is 0 Å². The summed E-state index contributed by atoms with van der Waals surface area (Å²) in [5.41, 5.74) is 5.41. The van der Waals surface area contributed by atoms with Crippen molar-refractivity contribution < 1.29 is 23.0 Å². The molecule has 0 aliphatic heterocycles. The van der Waals surface area contributed by atoms with Crippen molar-refractivity contribution in [1.29, 1.82) is 0 Å². The van der Waals surface area contributed by atoms with Gasteiger partial charge in [0.05, 0.1) is 12.2 Å². The molecular weight excluding hydrogens is 295 g/mol. The zero-order valence-electron chi connectivity index (χ0n) is 11.7. The number of ether oxygens (including phenoxy) is 1. The van der Waals surface area contributed by atoms with E-state index in [9.17, 15) is 18.3 Å². The van der Waals surface area contributed by atoms with Gasteiger partial charge >= 0.3 is 6.18 Å². The first kappa shape index (κ1) is 16.2. The van der Waals surface area contributed by atoms with Gasteiger partial charge in [-0.2, -0.15) is 13.2 Å². The first-order valence-corrected chi connectivity index (χ1v) is 6.69. The molecular formula is C16H16F3NO2. The largest absolute Gasteiger partial charge is 0.508 e. The van der Waals surface area contributed by atoms with Crippen LogP contribution in [0.25, 0.3) is 0 Å². The molecule has 3 nitrogen and oxygen atoms in total. The molecule has 0 heterocycles. The summed E-state index contributed by atoms with van der Waals surface area (Å²) in [6.07, 6.45) is -4.39. The van der Waals surface area contributed by atoms with Gasteiger partial charge in [0.25, 0.3) is 0 Å². The molecule has 22 heavy (non-hydrogen) atoms. The monoisotopic (exact) mass is 311 g/mol. The van der Waals surface area contributed by atoms with Crippen molar-refractivity contribution >= 4 is 0 Å². The predicted molar refractivity (Wildman–Crippen MR) is 76.8 cm³/mol. The van der Waals surface area contributed by atoms with Gasteiger partial charge in [-0.1, -0.05) is 24.3 Å². The number of alkyl halides is 3. The molecule has 0 bridgehead atoms. The van der Waals surface area contributed by atoms with E-state index in [1.807, 2.05) is 0 Å². The number of phenols is 1. The lowest BCUT2D eigenvalue weighted by atomic mass is 9.98. The molecule has 0 fully saturated rings. The van der Waals surface area contributed by atoms with Crippen molar-refractivity contribution in [2.75, 3.05) is 13.2 Å². The van der Waals surface area contributed by atoms with Gasteiger partial charge in [-0.05, 0) is 23.8 Å². The molecule has 1 unspecified atom stereocenters. The summed E-state index contributed by atoms with van der Waals surface area (Å²) in [5.74, 6) is 0.121. The van der Waals surface area contributed by atoms with Crippen molar-refractivity contribution in [2.45, 2.75) is 12.1 Å². The minimum atomic E-state index is -4.39. The molecule has 2 aromatic carbocycles. The van der Waals surface area contributed by atoms with E-state index in [4.69, 9.17) is 10.5 Å². The third-order valence-electron chi connectivity index (χ3n) is 3.24. The van der Waals surface area contributed by atoms with E-state index in [1.54, 1.807) is 18.2 Å². The average molecular weight is 311 g/mol. The third kappa shape index (κ3) is 4.14. The second-order valence-corrected chi connectivity index (χ2v) is 4.86. The SMILES string of the molecule is NCC(COc1cccc(O)c1)c1cccc(C(F)(F)F)c1. The number of hydrogen-bond donors (Lipinski definition) is 2. The van der Waals surface area contributed by atoms with Gasteiger partial charge in [-0.25, -0.2) is 0 Å². The minimum Gasteiger partial charge on any atom is -0.508 e. The highest BCUT2D eigenvalue weighted by Gasteiger charge is 2.30. The van der Waals surface area contributed by atoms with Gasteiger partial charge in [0.2, 0.25) is 0 Å². The number of rotatable bonds is 5. The lowest BCUT2D eigenvalue weighted by Gasteiger charge is -2.18. The van der Waals surface area contributed by atoms with Crippen molar-refractivity contribution in [3.05, 3.63) is 59.7 Å². The highest BCUT2D eigenvalue weighted by Crippen LogP contribution is 2.31. The molecule has 118 valence electrons. The molecule has 3 N–H and O–H groups in total. The highest BCUT2D eigenvalue weighted by atomic mass is 19.4.